The molecule has 0 saturated heterocycles. The van der Waals surface area contributed by atoms with Crippen molar-refractivity contribution in [3.63, 3.8) is 0 Å². The third-order valence-corrected chi connectivity index (χ3v) is 4.00. The van der Waals surface area contributed by atoms with Crippen LogP contribution in [0.15, 0.2) is 83.3 Å². The largest absolute Gasteiger partial charge is 0.455 e. The number of benzene rings is 3. The molecule has 0 N–H and O–H groups in total. The first-order valence-corrected chi connectivity index (χ1v) is 7.56. The highest BCUT2D eigenvalue weighted by atomic mass is 16.6. The normalized spacial score (nSPS) is 10.8. The van der Waals surface area contributed by atoms with Gasteiger partial charge in [0.2, 0.25) is 0 Å². The van der Waals surface area contributed by atoms with Crippen LogP contribution in [-0.4, -0.2) is 4.92 Å². The topological polar surface area (TPSA) is 56.3 Å². The van der Waals surface area contributed by atoms with Crippen molar-refractivity contribution in [1.29, 1.82) is 0 Å². The van der Waals surface area contributed by atoms with E-state index in [2.05, 4.69) is 0 Å². The average molecular weight is 315 g/mol. The van der Waals surface area contributed by atoms with Gasteiger partial charge >= 0.3 is 0 Å². The molecule has 3 aromatic carbocycles. The van der Waals surface area contributed by atoms with Crippen LogP contribution < -0.4 is 0 Å². The third kappa shape index (κ3) is 2.34. The van der Waals surface area contributed by atoms with E-state index in [9.17, 15) is 10.1 Å². The quantitative estimate of drug-likeness (QED) is 0.361. The summed E-state index contributed by atoms with van der Waals surface area (Å²) in [6.45, 7) is 0. The summed E-state index contributed by atoms with van der Waals surface area (Å²) in [6.07, 6.45) is 0. The monoisotopic (exact) mass is 315 g/mol. The van der Waals surface area contributed by atoms with E-state index < -0.39 is 4.92 Å². The molecule has 0 saturated carbocycles. The van der Waals surface area contributed by atoms with Crippen LogP contribution in [0, 0.1) is 10.1 Å². The highest BCUT2D eigenvalue weighted by Gasteiger charge is 2.18. The van der Waals surface area contributed by atoms with Gasteiger partial charge in [-0.05, 0) is 23.8 Å². The molecule has 0 atom stereocenters. The smallest absolute Gasteiger partial charge is 0.269 e. The Kier molecular flexibility index (Phi) is 3.35. The molecule has 0 aliphatic carbocycles. The van der Waals surface area contributed by atoms with Gasteiger partial charge in [0, 0.05) is 28.6 Å². The lowest BCUT2D eigenvalue weighted by Gasteiger charge is -2.04. The summed E-state index contributed by atoms with van der Waals surface area (Å²) < 4.78 is 6.08. The number of hydrogen-bond acceptors (Lipinski definition) is 3. The SMILES string of the molecule is O=[N+]([O-])c1ccc(-c2c(-c3ccccc3)oc3ccccc23)cc1. The Morgan fingerprint density at radius 1 is 0.750 bits per heavy atom. The van der Waals surface area contributed by atoms with E-state index in [1.54, 1.807) is 12.1 Å². The Balaban J connectivity index is 1.97. The molecule has 0 aliphatic heterocycles. The molecule has 0 bridgehead atoms. The van der Waals surface area contributed by atoms with Crippen molar-refractivity contribution in [2.24, 2.45) is 0 Å². The molecule has 24 heavy (non-hydrogen) atoms. The number of nitro benzene ring substituents is 1. The third-order valence-electron chi connectivity index (χ3n) is 4.00. The first kappa shape index (κ1) is 14.2. The first-order chi connectivity index (χ1) is 11.7. The number of para-hydroxylation sites is 1. The van der Waals surface area contributed by atoms with Gasteiger partial charge in [-0.2, -0.15) is 0 Å². The zero-order valence-corrected chi connectivity index (χ0v) is 12.7. The zero-order valence-electron chi connectivity index (χ0n) is 12.7. The van der Waals surface area contributed by atoms with Gasteiger partial charge in [0.05, 0.1) is 4.92 Å². The van der Waals surface area contributed by atoms with E-state index >= 15 is 0 Å². The predicted molar refractivity (Wildman–Crippen MR) is 93.7 cm³/mol. The van der Waals surface area contributed by atoms with Crippen LogP contribution in [0.3, 0.4) is 0 Å². The number of furan rings is 1. The van der Waals surface area contributed by atoms with Gasteiger partial charge in [-0.25, -0.2) is 0 Å². The van der Waals surface area contributed by atoms with Crippen molar-refractivity contribution in [3.8, 4) is 22.5 Å². The molecule has 1 aromatic heterocycles. The Bertz CT molecular complexity index is 1020. The molecule has 0 fully saturated rings. The molecule has 0 amide bonds. The summed E-state index contributed by atoms with van der Waals surface area (Å²) in [6, 6.07) is 24.3. The molecular weight excluding hydrogens is 302 g/mol. The predicted octanol–water partition coefficient (Wildman–Crippen LogP) is 5.68. The van der Waals surface area contributed by atoms with Crippen LogP contribution in [0.2, 0.25) is 0 Å². The van der Waals surface area contributed by atoms with Crippen LogP contribution in [0.25, 0.3) is 33.4 Å². The van der Waals surface area contributed by atoms with Crippen LogP contribution in [0.5, 0.6) is 0 Å². The molecule has 0 aliphatic rings. The molecule has 1 heterocycles. The Morgan fingerprint density at radius 2 is 1.42 bits per heavy atom. The van der Waals surface area contributed by atoms with Crippen LogP contribution >= 0.6 is 0 Å². The van der Waals surface area contributed by atoms with Gasteiger partial charge in [0.25, 0.3) is 5.69 Å². The van der Waals surface area contributed by atoms with Crippen LogP contribution in [-0.2, 0) is 0 Å². The molecule has 0 spiro atoms. The highest BCUT2D eigenvalue weighted by molar-refractivity contribution is 6.01. The molecule has 4 nitrogen and oxygen atoms in total. The summed E-state index contributed by atoms with van der Waals surface area (Å²) in [5.41, 5.74) is 3.69. The van der Waals surface area contributed by atoms with Crippen molar-refractivity contribution >= 4 is 16.7 Å². The summed E-state index contributed by atoms with van der Waals surface area (Å²) in [7, 11) is 0. The molecule has 4 aromatic rings. The van der Waals surface area contributed by atoms with Gasteiger partial charge in [-0.3, -0.25) is 10.1 Å². The van der Waals surface area contributed by atoms with E-state index in [1.165, 1.54) is 12.1 Å². The number of nitrogens with zero attached hydrogens (tertiary/aromatic N) is 1. The maximum Gasteiger partial charge on any atom is 0.269 e. The summed E-state index contributed by atoms with van der Waals surface area (Å²) in [4.78, 5) is 10.5. The summed E-state index contributed by atoms with van der Waals surface area (Å²) in [5, 5.41) is 11.9. The number of hydrogen-bond donors (Lipinski definition) is 0. The second-order valence-corrected chi connectivity index (χ2v) is 5.47. The fraction of sp³-hybridized carbons (Fsp3) is 0. The molecule has 116 valence electrons. The van der Waals surface area contributed by atoms with Crippen molar-refractivity contribution in [3.05, 3.63) is 89.0 Å². The minimum absolute atomic E-state index is 0.0767. The van der Waals surface area contributed by atoms with Gasteiger partial charge in [-0.1, -0.05) is 48.5 Å². The zero-order chi connectivity index (χ0) is 16.5. The van der Waals surface area contributed by atoms with E-state index in [1.807, 2.05) is 54.6 Å². The van der Waals surface area contributed by atoms with E-state index in [4.69, 9.17) is 4.42 Å². The van der Waals surface area contributed by atoms with E-state index in [0.717, 1.165) is 33.4 Å². The van der Waals surface area contributed by atoms with E-state index in [0.29, 0.717) is 0 Å². The van der Waals surface area contributed by atoms with E-state index in [-0.39, 0.29) is 5.69 Å². The van der Waals surface area contributed by atoms with Gasteiger partial charge in [-0.15, -0.1) is 0 Å². The lowest BCUT2D eigenvalue weighted by atomic mass is 9.98. The first-order valence-electron chi connectivity index (χ1n) is 7.56. The average Bonchev–Trinajstić information content (AvgIpc) is 3.02. The maximum atomic E-state index is 10.9. The van der Waals surface area contributed by atoms with Crippen LogP contribution in [0.1, 0.15) is 0 Å². The summed E-state index contributed by atoms with van der Waals surface area (Å²) in [5.74, 6) is 0.769. The Labute approximate surface area is 138 Å². The fourth-order valence-corrected chi connectivity index (χ4v) is 2.87. The Morgan fingerprint density at radius 3 is 2.12 bits per heavy atom. The molecule has 0 unspecified atom stereocenters. The lowest BCUT2D eigenvalue weighted by Crippen LogP contribution is -1.87. The van der Waals surface area contributed by atoms with Crippen molar-refractivity contribution < 1.29 is 9.34 Å². The van der Waals surface area contributed by atoms with Crippen molar-refractivity contribution in [2.75, 3.05) is 0 Å². The van der Waals surface area contributed by atoms with Crippen LogP contribution in [0.4, 0.5) is 5.69 Å². The summed E-state index contributed by atoms with van der Waals surface area (Å²) >= 11 is 0. The number of fused-ring (bicyclic) bond motifs is 1. The molecule has 4 rings (SSSR count). The standard InChI is InChI=1S/C20H13NO3/c22-21(23)16-12-10-14(11-13-16)19-17-8-4-5-9-18(17)24-20(19)15-6-2-1-3-7-15/h1-13H. The van der Waals surface area contributed by atoms with Gasteiger partial charge in [0.1, 0.15) is 11.3 Å². The molecular formula is C20H13NO3. The minimum Gasteiger partial charge on any atom is -0.455 e. The maximum absolute atomic E-state index is 10.9. The molecule has 0 radical (unpaired) electrons. The van der Waals surface area contributed by atoms with Gasteiger partial charge < -0.3 is 4.42 Å². The second kappa shape index (κ2) is 5.66. The van der Waals surface area contributed by atoms with Gasteiger partial charge in [0.15, 0.2) is 0 Å². The minimum atomic E-state index is -0.393. The Hall–Kier alpha value is -3.40. The number of rotatable bonds is 3. The van der Waals surface area contributed by atoms with Crippen molar-refractivity contribution in [1.82, 2.24) is 0 Å². The highest BCUT2D eigenvalue weighted by Crippen LogP contribution is 2.40. The molecule has 4 heteroatoms. The lowest BCUT2D eigenvalue weighted by molar-refractivity contribution is -0.384. The number of nitro groups is 1. The van der Waals surface area contributed by atoms with Crippen molar-refractivity contribution in [2.45, 2.75) is 0 Å². The second-order valence-electron chi connectivity index (χ2n) is 5.47. The number of non-ortho nitro benzene ring substituents is 1. The fourth-order valence-electron chi connectivity index (χ4n) is 2.87.